The number of aromatic hydroxyl groups is 3. The number of benzene rings is 4. The van der Waals surface area contributed by atoms with Crippen molar-refractivity contribution in [2.24, 2.45) is 0 Å². The van der Waals surface area contributed by atoms with Gasteiger partial charge in [0, 0.05) is 11.6 Å². The average Bonchev–Trinajstić information content (AvgIpc) is 3.59. The van der Waals surface area contributed by atoms with E-state index in [9.17, 15) is 29.7 Å². The maximum absolute atomic E-state index is 12.5. The van der Waals surface area contributed by atoms with Crippen LogP contribution in [0.15, 0.2) is 92.9 Å². The van der Waals surface area contributed by atoms with Crippen LogP contribution in [0, 0.1) is 0 Å². The zero-order chi connectivity index (χ0) is 29.1. The molecule has 0 unspecified atom stereocenters. The Kier molecular flexibility index (Phi) is 5.48. The Labute approximate surface area is 234 Å². The lowest BCUT2D eigenvalue weighted by Crippen LogP contribution is -2.21. The number of ether oxygens (including phenoxy) is 2. The third kappa shape index (κ3) is 3.68. The van der Waals surface area contributed by atoms with Crippen LogP contribution in [-0.4, -0.2) is 37.4 Å². The van der Waals surface area contributed by atoms with Gasteiger partial charge in [-0.15, -0.1) is 0 Å². The van der Waals surface area contributed by atoms with Crippen molar-refractivity contribution in [2.75, 3.05) is 6.79 Å². The van der Waals surface area contributed by atoms with Crippen molar-refractivity contribution < 1.29 is 34.0 Å². The summed E-state index contributed by atoms with van der Waals surface area (Å²) in [5.41, 5.74) is 1.17. The quantitative estimate of drug-likeness (QED) is 0.264. The van der Waals surface area contributed by atoms with Gasteiger partial charge in [0.25, 0.3) is 5.56 Å². The molecule has 0 spiro atoms. The van der Waals surface area contributed by atoms with E-state index in [1.807, 2.05) is 6.07 Å². The van der Waals surface area contributed by atoms with Crippen LogP contribution in [0.3, 0.4) is 0 Å². The minimum Gasteiger partial charge on any atom is -0.508 e. The van der Waals surface area contributed by atoms with Gasteiger partial charge in [-0.3, -0.25) is 19.0 Å². The number of carbonyl (C=O) groups is 1. The summed E-state index contributed by atoms with van der Waals surface area (Å²) in [5.74, 6) is -0.808. The Hall–Kier alpha value is -6.10. The highest BCUT2D eigenvalue weighted by molar-refractivity contribution is 6.13. The summed E-state index contributed by atoms with van der Waals surface area (Å²) in [6.07, 6.45) is 0. The molecule has 8 rings (SSSR count). The molecule has 11 heteroatoms. The highest BCUT2D eigenvalue weighted by Gasteiger charge is 2.30. The van der Waals surface area contributed by atoms with Crippen LogP contribution in [0.4, 0.5) is 0 Å². The summed E-state index contributed by atoms with van der Waals surface area (Å²) in [6.45, 7) is -0.0792. The van der Waals surface area contributed by atoms with Crippen LogP contribution in [0.1, 0.15) is 16.2 Å². The summed E-state index contributed by atoms with van der Waals surface area (Å²) in [6, 6.07) is 21.3. The molecule has 0 bridgehead atoms. The Balaban J connectivity index is 0.000000139. The number of phenols is 2. The Morgan fingerprint density at radius 1 is 0.810 bits per heavy atom. The van der Waals surface area contributed by atoms with Crippen molar-refractivity contribution in [3.8, 4) is 45.8 Å². The second-order valence-corrected chi connectivity index (χ2v) is 9.43. The Morgan fingerprint density at radius 3 is 2.36 bits per heavy atom. The number of fused-ring (bicyclic) bond motifs is 6. The predicted molar refractivity (Wildman–Crippen MR) is 150 cm³/mol. The molecule has 4 heterocycles. The zero-order valence-electron chi connectivity index (χ0n) is 21.4. The number of hydrogen-bond donors (Lipinski definition) is 3. The minimum atomic E-state index is -0.787. The number of ketones is 1. The van der Waals surface area contributed by atoms with E-state index in [2.05, 4.69) is 4.98 Å². The van der Waals surface area contributed by atoms with Crippen molar-refractivity contribution >= 4 is 27.7 Å². The van der Waals surface area contributed by atoms with Gasteiger partial charge in [-0.25, -0.2) is 4.98 Å². The van der Waals surface area contributed by atoms with Gasteiger partial charge in [0.1, 0.15) is 16.7 Å². The molecule has 0 saturated heterocycles. The Bertz CT molecular complexity index is 2220. The van der Waals surface area contributed by atoms with Crippen LogP contribution in [0.25, 0.3) is 38.9 Å². The lowest BCUT2D eigenvalue weighted by molar-refractivity contribution is 0.103. The van der Waals surface area contributed by atoms with Gasteiger partial charge in [-0.2, -0.15) is 0 Å². The van der Waals surface area contributed by atoms with E-state index in [1.165, 1.54) is 34.9 Å². The lowest BCUT2D eigenvalue weighted by atomic mass is 10.1. The molecule has 2 aliphatic rings. The fourth-order valence-corrected chi connectivity index (χ4v) is 4.98. The van der Waals surface area contributed by atoms with Crippen molar-refractivity contribution in [2.45, 2.75) is 0 Å². The molecule has 2 aliphatic heterocycles. The molecule has 42 heavy (non-hydrogen) atoms. The molecule has 4 aromatic carbocycles. The van der Waals surface area contributed by atoms with Crippen LogP contribution in [-0.2, 0) is 0 Å². The van der Waals surface area contributed by atoms with Crippen LogP contribution >= 0.6 is 0 Å². The monoisotopic (exact) mass is 562 g/mol. The molecule has 6 aromatic rings. The lowest BCUT2D eigenvalue weighted by Gasteiger charge is -2.08. The fourth-order valence-electron chi connectivity index (χ4n) is 4.98. The zero-order valence-corrected chi connectivity index (χ0v) is 21.4. The van der Waals surface area contributed by atoms with Crippen LogP contribution < -0.4 is 20.5 Å². The van der Waals surface area contributed by atoms with Gasteiger partial charge in [0.15, 0.2) is 23.1 Å². The molecule has 0 saturated carbocycles. The number of phenolic OH excluding ortho intramolecular Hbond substituents is 2. The van der Waals surface area contributed by atoms with Gasteiger partial charge in [0.05, 0.1) is 22.2 Å². The summed E-state index contributed by atoms with van der Waals surface area (Å²) in [4.78, 5) is 41.5. The third-order valence-electron chi connectivity index (χ3n) is 6.97. The number of rotatable bonds is 1. The minimum absolute atomic E-state index is 0.0392. The predicted octanol–water partition coefficient (Wildman–Crippen LogP) is 4.24. The van der Waals surface area contributed by atoms with Crippen molar-refractivity contribution in [3.05, 3.63) is 111 Å². The Morgan fingerprint density at radius 2 is 1.55 bits per heavy atom. The molecule has 0 atom stereocenters. The number of aromatic nitrogens is 2. The van der Waals surface area contributed by atoms with E-state index in [1.54, 1.807) is 42.5 Å². The SMILES string of the molecule is O=C1c2ccccc2-n2c1nc1ccccc1c2=O.O=c1c(O)c(-c2ccc(O)cc2)oc2cc3c(c(O)c12)OCO3. The highest BCUT2D eigenvalue weighted by atomic mass is 16.7. The number of carbonyl (C=O) groups excluding carboxylic acids is 1. The van der Waals surface area contributed by atoms with Gasteiger partial charge in [-0.05, 0) is 48.5 Å². The maximum atomic E-state index is 12.5. The first-order valence-electron chi connectivity index (χ1n) is 12.6. The van der Waals surface area contributed by atoms with Crippen molar-refractivity contribution in [1.82, 2.24) is 9.55 Å². The first kappa shape index (κ1) is 24.9. The molecule has 0 amide bonds. The molecular formula is C31H18N2O9. The smallest absolute Gasteiger partial charge is 0.266 e. The first-order valence-corrected chi connectivity index (χ1v) is 12.6. The number of nitrogens with zero attached hydrogens (tertiary/aromatic N) is 2. The third-order valence-corrected chi connectivity index (χ3v) is 6.97. The van der Waals surface area contributed by atoms with E-state index in [4.69, 9.17) is 13.9 Å². The van der Waals surface area contributed by atoms with Crippen LogP contribution in [0.5, 0.6) is 28.7 Å². The first-order chi connectivity index (χ1) is 20.3. The second kappa shape index (κ2) is 9.24. The summed E-state index contributed by atoms with van der Waals surface area (Å²) >= 11 is 0. The van der Waals surface area contributed by atoms with E-state index < -0.39 is 16.9 Å². The van der Waals surface area contributed by atoms with E-state index >= 15 is 0 Å². The van der Waals surface area contributed by atoms with E-state index in [0.717, 1.165) is 0 Å². The topological polar surface area (TPSA) is 161 Å². The number of hydrogen-bond acceptors (Lipinski definition) is 10. The normalized spacial score (nSPS) is 12.6. The van der Waals surface area contributed by atoms with Crippen molar-refractivity contribution in [3.63, 3.8) is 0 Å². The molecular weight excluding hydrogens is 544 g/mol. The standard InChI is InChI=1S/C16H10O7.C15H8N2O2/c17-8-3-1-7(2-4-8)15-14(20)12(18)11-9(23-15)5-10-16(13(11)19)22-6-21-10;18-13-10-6-2-4-8-12(10)17-14(13)16-11-7-3-1-5-9(11)15(17)19/h1-5,17,19-20H,6H2;1-8H. The van der Waals surface area contributed by atoms with Gasteiger partial charge in [-0.1, -0.05) is 24.3 Å². The number of para-hydroxylation sites is 2. The van der Waals surface area contributed by atoms with E-state index in [0.29, 0.717) is 27.7 Å². The maximum Gasteiger partial charge on any atom is 0.266 e. The van der Waals surface area contributed by atoms with Crippen LogP contribution in [0.2, 0.25) is 0 Å². The highest BCUT2D eigenvalue weighted by Crippen LogP contribution is 2.46. The molecule has 206 valence electrons. The molecule has 0 aliphatic carbocycles. The molecule has 2 aromatic heterocycles. The fraction of sp³-hybridized carbons (Fsp3) is 0.0323. The molecule has 11 nitrogen and oxygen atoms in total. The van der Waals surface area contributed by atoms with Gasteiger partial charge >= 0.3 is 0 Å². The van der Waals surface area contributed by atoms with Gasteiger partial charge < -0.3 is 29.2 Å². The van der Waals surface area contributed by atoms with E-state index in [-0.39, 0.29) is 57.9 Å². The largest absolute Gasteiger partial charge is 0.508 e. The molecule has 3 N–H and O–H groups in total. The van der Waals surface area contributed by atoms with Gasteiger partial charge in [0.2, 0.25) is 29.5 Å². The average molecular weight is 562 g/mol. The second-order valence-electron chi connectivity index (χ2n) is 9.43. The summed E-state index contributed by atoms with van der Waals surface area (Å²) < 4.78 is 17.3. The molecule has 0 fully saturated rings. The van der Waals surface area contributed by atoms with Crippen molar-refractivity contribution in [1.29, 1.82) is 0 Å². The molecule has 0 radical (unpaired) electrons. The summed E-state index contributed by atoms with van der Waals surface area (Å²) in [7, 11) is 0. The summed E-state index contributed by atoms with van der Waals surface area (Å²) in [5, 5.41) is 30.0.